The average molecular weight is 576 g/mol. The number of amides is 2. The van der Waals surface area contributed by atoms with Crippen molar-refractivity contribution in [2.24, 2.45) is 0 Å². The first-order valence-corrected chi connectivity index (χ1v) is 12.5. The highest BCUT2D eigenvalue weighted by atomic mass is 35.5. The van der Waals surface area contributed by atoms with Crippen molar-refractivity contribution in [3.63, 3.8) is 0 Å². The van der Waals surface area contributed by atoms with E-state index in [2.05, 4.69) is 20.6 Å². The van der Waals surface area contributed by atoms with Crippen molar-refractivity contribution >= 4 is 51.8 Å². The minimum atomic E-state index is -4.75. The molecular weight excluding hydrogens is 551 g/mol. The zero-order valence-corrected chi connectivity index (χ0v) is 21.9. The van der Waals surface area contributed by atoms with Crippen molar-refractivity contribution in [3.05, 3.63) is 81.9 Å². The van der Waals surface area contributed by atoms with Gasteiger partial charge in [-0.2, -0.15) is 13.2 Å². The number of nitrogens with zero attached hydrogens (tertiary/aromatic N) is 2. The van der Waals surface area contributed by atoms with Crippen LogP contribution in [-0.4, -0.2) is 58.3 Å². The van der Waals surface area contributed by atoms with Crippen LogP contribution in [0.2, 0.25) is 5.02 Å². The molecule has 210 valence electrons. The summed E-state index contributed by atoms with van der Waals surface area (Å²) < 4.78 is 40.5. The Labute approximate surface area is 231 Å². The highest BCUT2D eigenvalue weighted by Gasteiger charge is 2.35. The van der Waals surface area contributed by atoms with Crippen molar-refractivity contribution in [2.45, 2.75) is 13.1 Å². The summed E-state index contributed by atoms with van der Waals surface area (Å²) >= 11 is 6.18. The van der Waals surface area contributed by atoms with E-state index < -0.39 is 29.1 Å². The number of carbonyl (C=O) groups is 2. The Morgan fingerprint density at radius 2 is 1.65 bits per heavy atom. The smallest absolute Gasteiger partial charge is 0.395 e. The number of H-pyrrole nitrogens is 1. The van der Waals surface area contributed by atoms with Crippen molar-refractivity contribution < 1.29 is 33.0 Å². The van der Waals surface area contributed by atoms with Crippen LogP contribution >= 0.6 is 11.6 Å². The van der Waals surface area contributed by atoms with Crippen LogP contribution < -0.4 is 15.5 Å². The van der Waals surface area contributed by atoms with Crippen LogP contribution in [-0.2, 0) is 6.18 Å². The van der Waals surface area contributed by atoms with Crippen LogP contribution in [0.25, 0.3) is 11.0 Å². The predicted octanol–water partition coefficient (Wildman–Crippen LogP) is 4.84. The van der Waals surface area contributed by atoms with E-state index in [0.29, 0.717) is 16.3 Å². The molecule has 0 fully saturated rings. The summed E-state index contributed by atoms with van der Waals surface area (Å²) in [5, 5.41) is 24.5. The lowest BCUT2D eigenvalue weighted by Crippen LogP contribution is -2.30. The fourth-order valence-corrected chi connectivity index (χ4v) is 4.30. The normalized spacial score (nSPS) is 11.5. The second-order valence-corrected chi connectivity index (χ2v) is 9.19. The Kier molecular flexibility index (Phi) is 8.62. The van der Waals surface area contributed by atoms with E-state index in [0.717, 1.165) is 12.1 Å². The summed E-state index contributed by atoms with van der Waals surface area (Å²) in [7, 11) is 0. The molecule has 0 aliphatic carbocycles. The van der Waals surface area contributed by atoms with Crippen molar-refractivity contribution in [1.82, 2.24) is 9.97 Å². The van der Waals surface area contributed by atoms with Gasteiger partial charge >= 0.3 is 6.18 Å². The van der Waals surface area contributed by atoms with Crippen molar-refractivity contribution in [3.8, 4) is 0 Å². The third-order valence-corrected chi connectivity index (χ3v) is 6.52. The first kappa shape index (κ1) is 28.9. The number of rotatable bonds is 9. The minimum Gasteiger partial charge on any atom is -0.395 e. The molecule has 3 aromatic carbocycles. The van der Waals surface area contributed by atoms with E-state index in [-0.39, 0.29) is 54.5 Å². The van der Waals surface area contributed by atoms with Crippen LogP contribution in [0.4, 0.5) is 30.5 Å². The van der Waals surface area contributed by atoms with Gasteiger partial charge in [0.25, 0.3) is 11.8 Å². The van der Waals surface area contributed by atoms with E-state index in [1.165, 1.54) is 24.3 Å². The molecule has 0 atom stereocenters. The molecule has 0 radical (unpaired) electrons. The van der Waals surface area contributed by atoms with Crippen LogP contribution in [0.15, 0.2) is 54.6 Å². The maximum atomic E-state index is 13.5. The largest absolute Gasteiger partial charge is 0.417 e. The molecular formula is C27H25ClF3N5O4. The maximum Gasteiger partial charge on any atom is 0.417 e. The fraction of sp³-hybridized carbons (Fsp3) is 0.222. The van der Waals surface area contributed by atoms with Crippen LogP contribution in [0.5, 0.6) is 0 Å². The van der Waals surface area contributed by atoms with Crippen LogP contribution in [0.1, 0.15) is 31.8 Å². The number of aliphatic hydroxyl groups excluding tert-OH is 2. The molecule has 0 spiro atoms. The monoisotopic (exact) mass is 575 g/mol. The summed E-state index contributed by atoms with van der Waals surface area (Å²) in [4.78, 5) is 35.4. The van der Waals surface area contributed by atoms with Gasteiger partial charge in [-0.15, -0.1) is 0 Å². The number of anilines is 3. The number of imidazole rings is 1. The van der Waals surface area contributed by atoms with Gasteiger partial charge < -0.3 is 30.7 Å². The summed E-state index contributed by atoms with van der Waals surface area (Å²) in [6, 6.07) is 12.1. The fourth-order valence-electron chi connectivity index (χ4n) is 4.12. The zero-order chi connectivity index (χ0) is 29.0. The Morgan fingerprint density at radius 3 is 2.33 bits per heavy atom. The Morgan fingerprint density at radius 1 is 0.975 bits per heavy atom. The number of aromatic amines is 1. The van der Waals surface area contributed by atoms with Gasteiger partial charge in [0.15, 0.2) is 0 Å². The molecule has 9 nitrogen and oxygen atoms in total. The molecule has 4 aromatic rings. The number of hydrogen-bond donors (Lipinski definition) is 5. The van der Waals surface area contributed by atoms with Gasteiger partial charge in [-0.3, -0.25) is 9.59 Å². The Balaban J connectivity index is 1.78. The van der Waals surface area contributed by atoms with Gasteiger partial charge in [-0.1, -0.05) is 29.8 Å². The molecule has 13 heteroatoms. The van der Waals surface area contributed by atoms with E-state index in [1.807, 2.05) is 0 Å². The molecule has 0 saturated carbocycles. The van der Waals surface area contributed by atoms with Crippen molar-refractivity contribution in [1.29, 1.82) is 0 Å². The molecule has 4 rings (SSSR count). The minimum absolute atomic E-state index is 0.00623. The number of alkyl halides is 3. The number of benzene rings is 3. The predicted molar refractivity (Wildman–Crippen MR) is 146 cm³/mol. The van der Waals surface area contributed by atoms with Crippen LogP contribution in [0, 0.1) is 6.92 Å². The number of nitrogens with one attached hydrogen (secondary N) is 3. The second-order valence-electron chi connectivity index (χ2n) is 8.78. The van der Waals surface area contributed by atoms with E-state index in [1.54, 1.807) is 30.0 Å². The summed E-state index contributed by atoms with van der Waals surface area (Å²) in [5.41, 5.74) is -0.125. The molecule has 0 aliphatic heterocycles. The van der Waals surface area contributed by atoms with Crippen LogP contribution in [0.3, 0.4) is 0 Å². The number of hydrogen-bond acceptors (Lipinski definition) is 6. The zero-order valence-electron chi connectivity index (χ0n) is 21.1. The highest BCUT2D eigenvalue weighted by Crippen LogP contribution is 2.33. The summed E-state index contributed by atoms with van der Waals surface area (Å²) in [6.45, 7) is 1.50. The van der Waals surface area contributed by atoms with Gasteiger partial charge in [-0.05, 0) is 48.9 Å². The average Bonchev–Trinajstić information content (AvgIpc) is 3.34. The summed E-state index contributed by atoms with van der Waals surface area (Å²) in [5.74, 6) is -1.40. The molecule has 40 heavy (non-hydrogen) atoms. The lowest BCUT2D eigenvalue weighted by molar-refractivity contribution is -0.137. The highest BCUT2D eigenvalue weighted by molar-refractivity contribution is 6.31. The standard InChI is InChI=1S/C27H25ClF3N5O4/c1-15-20(28)7-4-8-21(15)33-25(40)18-13-16(32-24(39)17-5-2-3-6-19(17)27(29,30)31)14-22-23(18)35-26(34-22)36(9-11-37)10-12-38/h2-8,13-14,37-38H,9-12H2,1H3,(H,32,39)(H,33,40)(H,34,35). The quantitative estimate of drug-likeness (QED) is 0.194. The molecule has 0 unspecified atom stereocenters. The Hall–Kier alpha value is -4.13. The third kappa shape index (κ3) is 6.19. The molecule has 1 aromatic heterocycles. The molecule has 1 heterocycles. The van der Waals surface area contributed by atoms with Gasteiger partial charge in [0, 0.05) is 29.5 Å². The molecule has 5 N–H and O–H groups in total. The Bertz CT molecular complexity index is 1550. The van der Waals surface area contributed by atoms with Gasteiger partial charge in [0.05, 0.1) is 35.4 Å². The molecule has 0 bridgehead atoms. The number of fused-ring (bicyclic) bond motifs is 1. The number of aromatic nitrogens is 2. The van der Waals surface area contributed by atoms with Gasteiger partial charge in [0.1, 0.15) is 5.52 Å². The van der Waals surface area contributed by atoms with E-state index in [9.17, 15) is 33.0 Å². The first-order valence-electron chi connectivity index (χ1n) is 12.1. The lowest BCUT2D eigenvalue weighted by Gasteiger charge is -2.19. The first-order chi connectivity index (χ1) is 19.0. The van der Waals surface area contributed by atoms with Gasteiger partial charge in [-0.25, -0.2) is 4.98 Å². The molecule has 0 aliphatic rings. The molecule has 0 saturated heterocycles. The lowest BCUT2D eigenvalue weighted by atomic mass is 10.1. The maximum absolute atomic E-state index is 13.5. The second kappa shape index (κ2) is 11.9. The number of carbonyl (C=O) groups excluding carboxylic acids is 2. The molecule has 2 amide bonds. The van der Waals surface area contributed by atoms with Crippen molar-refractivity contribution in [2.75, 3.05) is 41.8 Å². The third-order valence-electron chi connectivity index (χ3n) is 6.11. The van der Waals surface area contributed by atoms with E-state index in [4.69, 9.17) is 11.6 Å². The number of aliphatic hydroxyl groups is 2. The summed E-state index contributed by atoms with van der Waals surface area (Å²) in [6.07, 6.45) is -4.75. The van der Waals surface area contributed by atoms with E-state index >= 15 is 0 Å². The number of halogens is 4. The van der Waals surface area contributed by atoms with Gasteiger partial charge in [0.2, 0.25) is 5.95 Å². The SMILES string of the molecule is Cc1c(Cl)cccc1NC(=O)c1cc(NC(=O)c2ccccc2C(F)(F)F)cc2[nH]c(N(CCO)CCO)nc12. The topological polar surface area (TPSA) is 131 Å².